The van der Waals surface area contributed by atoms with Crippen LogP contribution in [0.15, 0.2) is 59.7 Å². The van der Waals surface area contributed by atoms with E-state index in [0.717, 1.165) is 10.6 Å². The highest BCUT2D eigenvalue weighted by atomic mass is 35.5. The van der Waals surface area contributed by atoms with Crippen LogP contribution in [0.1, 0.15) is 5.56 Å². The summed E-state index contributed by atoms with van der Waals surface area (Å²) in [5, 5.41) is 5.17. The van der Waals surface area contributed by atoms with E-state index in [2.05, 4.69) is 5.10 Å². The predicted molar refractivity (Wildman–Crippen MR) is 79.2 cm³/mol. The molecule has 2 aromatic rings. The number of halogens is 2. The van der Waals surface area contributed by atoms with E-state index in [1.165, 1.54) is 0 Å². The first kappa shape index (κ1) is 13.6. The smallest absolute Gasteiger partial charge is 0.253 e. The molecule has 2 rings (SSSR count). The molecular weight excluding hydrogens is 283 g/mol. The van der Waals surface area contributed by atoms with Crippen LogP contribution in [0, 0.1) is 0 Å². The van der Waals surface area contributed by atoms with Gasteiger partial charge in [0.05, 0.1) is 11.9 Å². The lowest BCUT2D eigenvalue weighted by molar-refractivity contribution is 0.264. The van der Waals surface area contributed by atoms with Crippen LogP contribution < -0.4 is 5.01 Å². The number of para-hydroxylation sites is 1. The number of carbonyl (C=O) groups is 1. The van der Waals surface area contributed by atoms with E-state index in [-0.39, 0.29) is 0 Å². The molecule has 0 aliphatic rings. The number of amides is 1. The van der Waals surface area contributed by atoms with Crippen LogP contribution in [-0.4, -0.2) is 11.6 Å². The third-order valence-corrected chi connectivity index (χ3v) is 2.77. The highest BCUT2D eigenvalue weighted by Gasteiger charge is 2.10. The summed E-state index contributed by atoms with van der Waals surface area (Å²) in [5.41, 5.74) is 1.43. The highest BCUT2D eigenvalue weighted by molar-refractivity contribution is 6.66. The van der Waals surface area contributed by atoms with Gasteiger partial charge in [0, 0.05) is 5.02 Å². The first-order valence-corrected chi connectivity index (χ1v) is 6.26. The zero-order valence-corrected chi connectivity index (χ0v) is 11.3. The largest absolute Gasteiger partial charge is 0.341 e. The van der Waals surface area contributed by atoms with Crippen molar-refractivity contribution >= 4 is 40.5 Å². The average Bonchev–Trinajstić information content (AvgIpc) is 2.42. The predicted octanol–water partition coefficient (Wildman–Crippen LogP) is 4.54. The van der Waals surface area contributed by atoms with Gasteiger partial charge in [-0.2, -0.15) is 10.1 Å². The van der Waals surface area contributed by atoms with Gasteiger partial charge in [-0.3, -0.25) is 4.79 Å². The molecule has 1 amide bonds. The number of carbonyl (C=O) groups excluding carboxylic acids is 1. The number of benzene rings is 2. The van der Waals surface area contributed by atoms with Crippen molar-refractivity contribution in [2.45, 2.75) is 0 Å². The number of rotatable bonds is 3. The molecule has 2 aromatic carbocycles. The molecule has 0 aromatic heterocycles. The minimum absolute atomic E-state index is 0.604. The average molecular weight is 293 g/mol. The number of hydrogen-bond acceptors (Lipinski definition) is 2. The van der Waals surface area contributed by atoms with Crippen molar-refractivity contribution in [1.29, 1.82) is 0 Å². The fourth-order valence-corrected chi connectivity index (χ4v) is 1.72. The van der Waals surface area contributed by atoms with Crippen molar-refractivity contribution in [2.75, 3.05) is 5.01 Å². The second-order valence-electron chi connectivity index (χ2n) is 3.70. The monoisotopic (exact) mass is 292 g/mol. The van der Waals surface area contributed by atoms with Gasteiger partial charge in [0.1, 0.15) is 0 Å². The van der Waals surface area contributed by atoms with Crippen LogP contribution in [-0.2, 0) is 0 Å². The maximum absolute atomic E-state index is 11.4. The zero-order chi connectivity index (χ0) is 13.7. The van der Waals surface area contributed by atoms with E-state index in [4.69, 9.17) is 23.2 Å². The molecule has 0 fully saturated rings. The van der Waals surface area contributed by atoms with Gasteiger partial charge in [-0.15, -0.1) is 0 Å². The van der Waals surface area contributed by atoms with Crippen LogP contribution in [0.4, 0.5) is 10.5 Å². The Hall–Kier alpha value is -1.84. The second-order valence-corrected chi connectivity index (χ2v) is 4.46. The van der Waals surface area contributed by atoms with Crippen molar-refractivity contribution < 1.29 is 4.79 Å². The topological polar surface area (TPSA) is 32.7 Å². The Morgan fingerprint density at radius 1 is 1.05 bits per heavy atom. The van der Waals surface area contributed by atoms with E-state index < -0.39 is 5.37 Å². The van der Waals surface area contributed by atoms with E-state index in [1.807, 2.05) is 6.07 Å². The van der Waals surface area contributed by atoms with Gasteiger partial charge in [0.2, 0.25) is 0 Å². The van der Waals surface area contributed by atoms with Crippen molar-refractivity contribution in [1.82, 2.24) is 0 Å². The number of hydrazone groups is 1. The SMILES string of the molecule is O=C(Cl)N(/N=C/c1ccc(Cl)cc1)c1ccccc1. The molecule has 3 nitrogen and oxygen atoms in total. The Balaban J connectivity index is 2.22. The van der Waals surface area contributed by atoms with E-state index in [1.54, 1.807) is 54.7 Å². The normalized spacial score (nSPS) is 10.6. The van der Waals surface area contributed by atoms with Crippen LogP contribution in [0.25, 0.3) is 0 Å². The summed E-state index contributed by atoms with van der Waals surface area (Å²) in [6.45, 7) is 0. The standard InChI is InChI=1S/C14H10Cl2N2O/c15-12-8-6-11(7-9-12)10-17-18(14(16)19)13-4-2-1-3-5-13/h1-10H/b17-10+. The summed E-state index contributed by atoms with van der Waals surface area (Å²) >= 11 is 11.3. The summed E-state index contributed by atoms with van der Waals surface area (Å²) in [7, 11) is 0. The molecule has 0 heterocycles. The molecule has 0 aliphatic heterocycles. The molecule has 0 N–H and O–H groups in total. The fourth-order valence-electron chi connectivity index (χ4n) is 1.46. The molecule has 0 radical (unpaired) electrons. The molecule has 19 heavy (non-hydrogen) atoms. The zero-order valence-electron chi connectivity index (χ0n) is 9.83. The fraction of sp³-hybridized carbons (Fsp3) is 0. The van der Waals surface area contributed by atoms with Gasteiger partial charge in [0.25, 0.3) is 0 Å². The Morgan fingerprint density at radius 2 is 1.68 bits per heavy atom. The first-order chi connectivity index (χ1) is 9.16. The minimum atomic E-state index is -0.670. The van der Waals surface area contributed by atoms with Gasteiger partial charge >= 0.3 is 5.37 Å². The molecule has 0 aliphatic carbocycles. The summed E-state index contributed by atoms with van der Waals surface area (Å²) in [5.74, 6) is 0. The first-order valence-electron chi connectivity index (χ1n) is 5.51. The van der Waals surface area contributed by atoms with Crippen molar-refractivity contribution in [3.8, 4) is 0 Å². The molecule has 0 saturated heterocycles. The number of nitrogens with zero attached hydrogens (tertiary/aromatic N) is 2. The lowest BCUT2D eigenvalue weighted by Gasteiger charge is -2.12. The van der Waals surface area contributed by atoms with Crippen molar-refractivity contribution in [3.63, 3.8) is 0 Å². The molecular formula is C14H10Cl2N2O. The quantitative estimate of drug-likeness (QED) is 0.354. The maximum atomic E-state index is 11.4. The van der Waals surface area contributed by atoms with E-state index in [9.17, 15) is 4.79 Å². The van der Waals surface area contributed by atoms with Crippen LogP contribution in [0.3, 0.4) is 0 Å². The highest BCUT2D eigenvalue weighted by Crippen LogP contribution is 2.16. The van der Waals surface area contributed by atoms with Gasteiger partial charge in [-0.25, -0.2) is 0 Å². The Kier molecular flexibility index (Phi) is 4.55. The van der Waals surface area contributed by atoms with Gasteiger partial charge < -0.3 is 0 Å². The molecule has 0 bridgehead atoms. The molecule has 5 heteroatoms. The van der Waals surface area contributed by atoms with E-state index >= 15 is 0 Å². The van der Waals surface area contributed by atoms with Crippen molar-refractivity contribution in [2.24, 2.45) is 5.10 Å². The second kappa shape index (κ2) is 6.36. The molecule has 0 spiro atoms. The summed E-state index contributed by atoms with van der Waals surface area (Å²) in [4.78, 5) is 11.4. The third kappa shape index (κ3) is 3.81. The molecule has 96 valence electrons. The Labute approximate surface area is 121 Å². The van der Waals surface area contributed by atoms with Gasteiger partial charge in [-0.05, 0) is 41.4 Å². The number of anilines is 1. The van der Waals surface area contributed by atoms with E-state index in [0.29, 0.717) is 10.7 Å². The Bertz CT molecular complexity index is 582. The van der Waals surface area contributed by atoms with Crippen LogP contribution in [0.2, 0.25) is 5.02 Å². The summed E-state index contributed by atoms with van der Waals surface area (Å²) in [6.07, 6.45) is 1.55. The molecule has 0 atom stereocenters. The van der Waals surface area contributed by atoms with Crippen LogP contribution in [0.5, 0.6) is 0 Å². The Morgan fingerprint density at radius 3 is 2.26 bits per heavy atom. The van der Waals surface area contributed by atoms with Gasteiger partial charge in [-0.1, -0.05) is 41.9 Å². The lowest BCUT2D eigenvalue weighted by Crippen LogP contribution is -2.18. The van der Waals surface area contributed by atoms with Crippen molar-refractivity contribution in [3.05, 3.63) is 65.2 Å². The molecule has 0 unspecified atom stereocenters. The lowest BCUT2D eigenvalue weighted by atomic mass is 10.2. The maximum Gasteiger partial charge on any atom is 0.341 e. The number of hydrogen-bond donors (Lipinski definition) is 0. The third-order valence-electron chi connectivity index (χ3n) is 2.36. The molecule has 0 saturated carbocycles. The minimum Gasteiger partial charge on any atom is -0.253 e. The summed E-state index contributed by atoms with van der Waals surface area (Å²) in [6, 6.07) is 16.1. The van der Waals surface area contributed by atoms with Gasteiger partial charge in [0.15, 0.2) is 0 Å². The summed E-state index contributed by atoms with van der Waals surface area (Å²) < 4.78 is 0. The van der Waals surface area contributed by atoms with Crippen LogP contribution >= 0.6 is 23.2 Å².